The number of carboxylic acid groups (broad SMARTS) is 1. The van der Waals surface area contributed by atoms with Crippen LogP contribution in [0.5, 0.6) is 0 Å². The summed E-state index contributed by atoms with van der Waals surface area (Å²) in [5, 5.41) is 9.17. The summed E-state index contributed by atoms with van der Waals surface area (Å²) in [7, 11) is 0. The zero-order chi connectivity index (χ0) is 16.0. The molecule has 0 saturated heterocycles. The maximum atomic E-state index is 11.9. The molecule has 0 amide bonds. The summed E-state index contributed by atoms with van der Waals surface area (Å²) in [6.07, 6.45) is 2.55. The lowest BCUT2D eigenvalue weighted by Gasteiger charge is -2.25. The van der Waals surface area contributed by atoms with Gasteiger partial charge >= 0.3 is 17.9 Å². The third-order valence-electron chi connectivity index (χ3n) is 3.28. The van der Waals surface area contributed by atoms with Gasteiger partial charge in [-0.25, -0.2) is 4.79 Å². The number of esters is 2. The fraction of sp³-hybridized carbons (Fsp3) is 0.533. The molecule has 6 heteroatoms. The Balaban J connectivity index is 2.45. The normalized spacial score (nSPS) is 21.1. The molecule has 116 valence electrons. The number of rotatable bonds is 6. The second kappa shape index (κ2) is 7.61. The van der Waals surface area contributed by atoms with Crippen LogP contribution in [0.4, 0.5) is 0 Å². The summed E-state index contributed by atoms with van der Waals surface area (Å²) in [6.45, 7) is 6.62. The van der Waals surface area contributed by atoms with E-state index in [1.165, 1.54) is 6.92 Å². The Morgan fingerprint density at radius 1 is 1.29 bits per heavy atom. The van der Waals surface area contributed by atoms with Crippen LogP contribution in [0.2, 0.25) is 0 Å². The van der Waals surface area contributed by atoms with Gasteiger partial charge in [0.05, 0.1) is 11.8 Å². The van der Waals surface area contributed by atoms with E-state index in [9.17, 15) is 14.4 Å². The molecule has 2 atom stereocenters. The van der Waals surface area contributed by atoms with E-state index < -0.39 is 29.7 Å². The first kappa shape index (κ1) is 16.9. The number of carboxylic acids is 1. The topological polar surface area (TPSA) is 89.9 Å². The van der Waals surface area contributed by atoms with Gasteiger partial charge in [0.25, 0.3) is 0 Å². The first-order valence-corrected chi connectivity index (χ1v) is 6.70. The molecule has 1 rings (SSSR count). The highest BCUT2D eigenvalue weighted by atomic mass is 16.6. The quantitative estimate of drug-likeness (QED) is 0.347. The summed E-state index contributed by atoms with van der Waals surface area (Å²) >= 11 is 0. The molecule has 0 radical (unpaired) electrons. The maximum Gasteiger partial charge on any atom is 0.333 e. The molecule has 1 aliphatic carbocycles. The van der Waals surface area contributed by atoms with Crippen molar-refractivity contribution in [2.75, 3.05) is 13.2 Å². The smallest absolute Gasteiger partial charge is 0.333 e. The van der Waals surface area contributed by atoms with Crippen molar-refractivity contribution in [1.82, 2.24) is 0 Å². The highest BCUT2D eigenvalue weighted by Crippen LogP contribution is 2.30. The Hall–Kier alpha value is -2.11. The molecule has 0 saturated carbocycles. The van der Waals surface area contributed by atoms with E-state index in [0.29, 0.717) is 12.8 Å². The lowest BCUT2D eigenvalue weighted by Crippen LogP contribution is -2.33. The van der Waals surface area contributed by atoms with E-state index in [2.05, 4.69) is 6.58 Å². The van der Waals surface area contributed by atoms with Crippen molar-refractivity contribution in [2.24, 2.45) is 11.8 Å². The van der Waals surface area contributed by atoms with Crippen molar-refractivity contribution in [3.05, 3.63) is 23.8 Å². The standard InChI is InChI=1S/C15H20O6/c1-9(2)14(18)20-6-7-21-15(19)11-5-4-10(3)8-12(11)13(16)17/h4,11-12H,1,5-8H2,2-3H3,(H,16,17). The summed E-state index contributed by atoms with van der Waals surface area (Å²) < 4.78 is 9.78. The van der Waals surface area contributed by atoms with E-state index in [-0.39, 0.29) is 18.8 Å². The molecule has 0 aromatic carbocycles. The largest absolute Gasteiger partial charge is 0.481 e. The summed E-state index contributed by atoms with van der Waals surface area (Å²) in [4.78, 5) is 34.2. The van der Waals surface area contributed by atoms with Gasteiger partial charge in [0, 0.05) is 5.57 Å². The first-order chi connectivity index (χ1) is 9.82. The van der Waals surface area contributed by atoms with Crippen LogP contribution in [0.3, 0.4) is 0 Å². The third kappa shape index (κ3) is 5.06. The zero-order valence-electron chi connectivity index (χ0n) is 12.3. The van der Waals surface area contributed by atoms with Crippen molar-refractivity contribution in [1.29, 1.82) is 0 Å². The second-order valence-electron chi connectivity index (χ2n) is 5.13. The molecule has 6 nitrogen and oxygen atoms in total. The average Bonchev–Trinajstić information content (AvgIpc) is 2.42. The predicted molar refractivity (Wildman–Crippen MR) is 74.3 cm³/mol. The monoisotopic (exact) mass is 296 g/mol. The Kier molecular flexibility index (Phi) is 6.14. The minimum absolute atomic E-state index is 0.0727. The molecule has 0 aromatic heterocycles. The number of hydrogen-bond acceptors (Lipinski definition) is 5. The van der Waals surface area contributed by atoms with Crippen LogP contribution >= 0.6 is 0 Å². The highest BCUT2D eigenvalue weighted by Gasteiger charge is 2.36. The molecule has 2 unspecified atom stereocenters. The molecular weight excluding hydrogens is 276 g/mol. The molecule has 0 aromatic rings. The number of aliphatic carboxylic acids is 1. The first-order valence-electron chi connectivity index (χ1n) is 6.70. The van der Waals surface area contributed by atoms with Crippen LogP contribution in [-0.4, -0.2) is 36.2 Å². The van der Waals surface area contributed by atoms with Gasteiger partial charge in [-0.3, -0.25) is 9.59 Å². The van der Waals surface area contributed by atoms with Crippen LogP contribution in [0.25, 0.3) is 0 Å². The van der Waals surface area contributed by atoms with Crippen molar-refractivity contribution in [3.8, 4) is 0 Å². The predicted octanol–water partition coefficient (Wildman–Crippen LogP) is 1.71. The Bertz CT molecular complexity index is 477. The van der Waals surface area contributed by atoms with E-state index in [0.717, 1.165) is 5.57 Å². The van der Waals surface area contributed by atoms with Crippen LogP contribution in [0, 0.1) is 11.8 Å². The zero-order valence-corrected chi connectivity index (χ0v) is 12.3. The fourth-order valence-corrected chi connectivity index (χ4v) is 2.09. The molecule has 1 N–H and O–H groups in total. The van der Waals surface area contributed by atoms with Gasteiger partial charge in [-0.05, 0) is 26.7 Å². The number of hydrogen-bond donors (Lipinski definition) is 1. The van der Waals surface area contributed by atoms with Crippen LogP contribution in [-0.2, 0) is 23.9 Å². The Morgan fingerprint density at radius 2 is 1.90 bits per heavy atom. The summed E-state index contributed by atoms with van der Waals surface area (Å²) in [5.41, 5.74) is 1.22. The van der Waals surface area contributed by atoms with Gasteiger partial charge in [-0.2, -0.15) is 0 Å². The van der Waals surface area contributed by atoms with Crippen LogP contribution in [0.15, 0.2) is 23.8 Å². The van der Waals surface area contributed by atoms with Gasteiger partial charge in [-0.1, -0.05) is 18.2 Å². The van der Waals surface area contributed by atoms with Crippen LogP contribution in [0.1, 0.15) is 26.7 Å². The average molecular weight is 296 g/mol. The van der Waals surface area contributed by atoms with Gasteiger partial charge in [0.1, 0.15) is 13.2 Å². The van der Waals surface area contributed by atoms with Gasteiger partial charge in [-0.15, -0.1) is 0 Å². The molecular formula is C15H20O6. The van der Waals surface area contributed by atoms with Crippen molar-refractivity contribution >= 4 is 17.9 Å². The van der Waals surface area contributed by atoms with Gasteiger partial charge < -0.3 is 14.6 Å². The van der Waals surface area contributed by atoms with Gasteiger partial charge in [0.2, 0.25) is 0 Å². The minimum Gasteiger partial charge on any atom is -0.481 e. The van der Waals surface area contributed by atoms with E-state index in [4.69, 9.17) is 14.6 Å². The van der Waals surface area contributed by atoms with E-state index in [1.807, 2.05) is 13.0 Å². The Morgan fingerprint density at radius 3 is 2.48 bits per heavy atom. The molecule has 21 heavy (non-hydrogen) atoms. The summed E-state index contributed by atoms with van der Waals surface area (Å²) in [5.74, 6) is -3.58. The van der Waals surface area contributed by atoms with E-state index in [1.54, 1.807) is 0 Å². The highest BCUT2D eigenvalue weighted by molar-refractivity contribution is 5.87. The molecule has 0 fully saturated rings. The molecule has 0 heterocycles. The number of ether oxygens (including phenoxy) is 2. The molecule has 0 aliphatic heterocycles. The van der Waals surface area contributed by atoms with E-state index >= 15 is 0 Å². The second-order valence-corrected chi connectivity index (χ2v) is 5.13. The minimum atomic E-state index is -1.00. The number of carbonyl (C=O) groups is 3. The number of carbonyl (C=O) groups excluding carboxylic acids is 2. The lowest BCUT2D eigenvalue weighted by atomic mass is 9.80. The summed E-state index contributed by atoms with van der Waals surface area (Å²) in [6, 6.07) is 0. The van der Waals surface area contributed by atoms with Crippen molar-refractivity contribution in [2.45, 2.75) is 26.7 Å². The number of allylic oxidation sites excluding steroid dienone is 2. The molecule has 0 spiro atoms. The maximum absolute atomic E-state index is 11.9. The lowest BCUT2D eigenvalue weighted by molar-refractivity contribution is -0.160. The van der Waals surface area contributed by atoms with Crippen molar-refractivity contribution < 1.29 is 29.0 Å². The van der Waals surface area contributed by atoms with Crippen molar-refractivity contribution in [3.63, 3.8) is 0 Å². The van der Waals surface area contributed by atoms with Gasteiger partial charge in [0.15, 0.2) is 0 Å². The fourth-order valence-electron chi connectivity index (χ4n) is 2.09. The SMILES string of the molecule is C=C(C)C(=O)OCCOC(=O)C1CC=C(C)CC1C(=O)O. The van der Waals surface area contributed by atoms with Crippen LogP contribution < -0.4 is 0 Å². The Labute approximate surface area is 123 Å². The third-order valence-corrected chi connectivity index (χ3v) is 3.28. The molecule has 0 bridgehead atoms. The molecule has 1 aliphatic rings.